The first-order valence-electron chi connectivity index (χ1n) is 5.37. The maximum atomic E-state index is 9.56. The second kappa shape index (κ2) is 4.58. The molecule has 17 heavy (non-hydrogen) atoms. The normalized spacial score (nSPS) is 12.8. The van der Waals surface area contributed by atoms with Gasteiger partial charge in [-0.2, -0.15) is 5.10 Å². The van der Waals surface area contributed by atoms with Crippen LogP contribution in [0.15, 0.2) is 22.8 Å². The zero-order valence-corrected chi connectivity index (χ0v) is 11.6. The number of hydrogen-bond acceptors (Lipinski definition) is 3. The molecule has 0 unspecified atom stereocenters. The molecule has 0 amide bonds. The number of halogens is 1. The maximum Gasteiger partial charge on any atom is 0.153 e. The molecule has 5 heteroatoms. The molecular weight excluding hydrogens is 282 g/mol. The zero-order valence-electron chi connectivity index (χ0n) is 9.98. The molecule has 2 aromatic rings. The van der Waals surface area contributed by atoms with Gasteiger partial charge in [0.1, 0.15) is 0 Å². The monoisotopic (exact) mass is 295 g/mol. The molecule has 1 atom stereocenters. The fourth-order valence-corrected chi connectivity index (χ4v) is 1.90. The molecular formula is C12H14BrN3O. The van der Waals surface area contributed by atoms with Crippen molar-refractivity contribution in [1.29, 1.82) is 0 Å². The predicted molar refractivity (Wildman–Crippen MR) is 69.2 cm³/mol. The molecule has 0 aliphatic carbocycles. The van der Waals surface area contributed by atoms with Crippen molar-refractivity contribution in [2.45, 2.75) is 26.9 Å². The second-order valence-electron chi connectivity index (χ2n) is 4.02. The zero-order chi connectivity index (χ0) is 12.6. The van der Waals surface area contributed by atoms with Gasteiger partial charge in [0.2, 0.25) is 0 Å². The van der Waals surface area contributed by atoms with Crippen LogP contribution in [0.2, 0.25) is 0 Å². The van der Waals surface area contributed by atoms with Crippen LogP contribution in [0.25, 0.3) is 5.82 Å². The molecule has 0 saturated carbocycles. The lowest BCUT2D eigenvalue weighted by Gasteiger charge is -2.07. The van der Waals surface area contributed by atoms with E-state index in [4.69, 9.17) is 0 Å². The molecule has 0 radical (unpaired) electrons. The van der Waals surface area contributed by atoms with Crippen LogP contribution in [0.1, 0.15) is 30.0 Å². The number of aliphatic hydroxyl groups is 1. The number of hydrogen-bond donors (Lipinski definition) is 1. The van der Waals surface area contributed by atoms with Crippen molar-refractivity contribution in [3.63, 3.8) is 0 Å². The summed E-state index contributed by atoms with van der Waals surface area (Å²) in [5.41, 5.74) is 2.75. The van der Waals surface area contributed by atoms with E-state index < -0.39 is 6.10 Å². The third kappa shape index (κ3) is 2.25. The van der Waals surface area contributed by atoms with E-state index in [1.807, 2.05) is 19.9 Å². The number of aliphatic hydroxyl groups excluding tert-OH is 1. The van der Waals surface area contributed by atoms with Crippen molar-refractivity contribution in [3.05, 3.63) is 39.8 Å². The molecule has 0 saturated heterocycles. The lowest BCUT2D eigenvalue weighted by Crippen LogP contribution is -2.03. The third-order valence-corrected chi connectivity index (χ3v) is 3.82. The number of aromatic nitrogens is 3. The van der Waals surface area contributed by atoms with Crippen molar-refractivity contribution in [2.75, 3.05) is 0 Å². The van der Waals surface area contributed by atoms with Gasteiger partial charge in [-0.3, -0.25) is 0 Å². The Bertz CT molecular complexity index is 549. The first kappa shape index (κ1) is 12.3. The van der Waals surface area contributed by atoms with Crippen LogP contribution in [0.4, 0.5) is 0 Å². The average Bonchev–Trinajstić information content (AvgIpc) is 2.57. The lowest BCUT2D eigenvalue weighted by molar-refractivity contribution is 0.199. The quantitative estimate of drug-likeness (QED) is 0.927. The first-order valence-corrected chi connectivity index (χ1v) is 6.16. The van der Waals surface area contributed by atoms with Crippen molar-refractivity contribution < 1.29 is 5.11 Å². The predicted octanol–water partition coefficient (Wildman–Crippen LogP) is 2.70. The van der Waals surface area contributed by atoms with Crippen LogP contribution in [-0.2, 0) is 0 Å². The number of aryl methyl sites for hydroxylation is 1. The van der Waals surface area contributed by atoms with E-state index in [-0.39, 0.29) is 0 Å². The molecule has 0 spiro atoms. The Morgan fingerprint density at radius 2 is 2.12 bits per heavy atom. The summed E-state index contributed by atoms with van der Waals surface area (Å²) in [5, 5.41) is 14.0. The Balaban J connectivity index is 2.53. The molecule has 90 valence electrons. The van der Waals surface area contributed by atoms with Gasteiger partial charge in [-0.05, 0) is 54.4 Å². The largest absolute Gasteiger partial charge is 0.389 e. The Kier molecular flexibility index (Phi) is 3.31. The van der Waals surface area contributed by atoms with Crippen LogP contribution < -0.4 is 0 Å². The molecule has 0 aliphatic rings. The Hall–Kier alpha value is -1.20. The minimum absolute atomic E-state index is 0.503. The summed E-state index contributed by atoms with van der Waals surface area (Å²) < 4.78 is 2.76. The molecule has 0 fully saturated rings. The Morgan fingerprint density at radius 3 is 2.65 bits per heavy atom. The van der Waals surface area contributed by atoms with Crippen molar-refractivity contribution in [3.8, 4) is 5.82 Å². The van der Waals surface area contributed by atoms with Gasteiger partial charge < -0.3 is 5.11 Å². The van der Waals surface area contributed by atoms with Crippen LogP contribution in [0.5, 0.6) is 0 Å². The SMILES string of the molecule is Cc1nn(-c2cc([C@H](C)O)ccn2)c(C)c1Br. The molecule has 0 aliphatic heterocycles. The Morgan fingerprint density at radius 1 is 1.41 bits per heavy atom. The number of pyridine rings is 1. The van der Waals surface area contributed by atoms with E-state index in [9.17, 15) is 5.11 Å². The van der Waals surface area contributed by atoms with Crippen LogP contribution in [0, 0.1) is 13.8 Å². The lowest BCUT2D eigenvalue weighted by atomic mass is 10.2. The standard InChI is InChI=1S/C12H14BrN3O/c1-7-12(13)8(2)16(15-7)11-6-10(9(3)17)4-5-14-11/h4-6,9,17H,1-3H3/t9-/m0/s1. The second-order valence-corrected chi connectivity index (χ2v) is 4.81. The average molecular weight is 296 g/mol. The number of rotatable bonds is 2. The Labute approximate surface area is 108 Å². The van der Waals surface area contributed by atoms with E-state index in [0.29, 0.717) is 0 Å². The summed E-state index contributed by atoms with van der Waals surface area (Å²) in [5.74, 6) is 0.717. The first-order chi connectivity index (χ1) is 8.00. The molecule has 4 nitrogen and oxygen atoms in total. The smallest absolute Gasteiger partial charge is 0.153 e. The van der Waals surface area contributed by atoms with E-state index in [0.717, 1.165) is 27.2 Å². The van der Waals surface area contributed by atoms with E-state index >= 15 is 0 Å². The van der Waals surface area contributed by atoms with Gasteiger partial charge >= 0.3 is 0 Å². The highest BCUT2D eigenvalue weighted by atomic mass is 79.9. The minimum Gasteiger partial charge on any atom is -0.389 e. The summed E-state index contributed by atoms with van der Waals surface area (Å²) in [6, 6.07) is 3.64. The summed E-state index contributed by atoms with van der Waals surface area (Å²) >= 11 is 3.48. The van der Waals surface area contributed by atoms with E-state index in [2.05, 4.69) is 26.0 Å². The summed E-state index contributed by atoms with van der Waals surface area (Å²) in [7, 11) is 0. The van der Waals surface area contributed by atoms with Crippen molar-refractivity contribution in [2.24, 2.45) is 0 Å². The minimum atomic E-state index is -0.503. The highest BCUT2D eigenvalue weighted by molar-refractivity contribution is 9.10. The maximum absolute atomic E-state index is 9.56. The van der Waals surface area contributed by atoms with Gasteiger partial charge in [0, 0.05) is 6.20 Å². The highest BCUT2D eigenvalue weighted by Gasteiger charge is 2.12. The molecule has 0 bridgehead atoms. The van der Waals surface area contributed by atoms with Crippen LogP contribution >= 0.6 is 15.9 Å². The fraction of sp³-hybridized carbons (Fsp3) is 0.333. The summed E-state index contributed by atoms with van der Waals surface area (Å²) in [6.45, 7) is 5.64. The van der Waals surface area contributed by atoms with Crippen LogP contribution in [-0.4, -0.2) is 19.9 Å². The van der Waals surface area contributed by atoms with Gasteiger partial charge in [-0.15, -0.1) is 0 Å². The van der Waals surface area contributed by atoms with Gasteiger partial charge in [0.15, 0.2) is 5.82 Å². The van der Waals surface area contributed by atoms with E-state index in [1.165, 1.54) is 0 Å². The molecule has 2 aromatic heterocycles. The van der Waals surface area contributed by atoms with E-state index in [1.54, 1.807) is 23.9 Å². The van der Waals surface area contributed by atoms with Crippen molar-refractivity contribution in [1.82, 2.24) is 14.8 Å². The summed E-state index contributed by atoms with van der Waals surface area (Å²) in [4.78, 5) is 4.28. The van der Waals surface area contributed by atoms with Gasteiger partial charge in [-0.1, -0.05) is 0 Å². The van der Waals surface area contributed by atoms with Gasteiger partial charge in [0.05, 0.1) is 22.0 Å². The fourth-order valence-electron chi connectivity index (χ4n) is 1.66. The molecule has 1 N–H and O–H groups in total. The topological polar surface area (TPSA) is 50.9 Å². The third-order valence-electron chi connectivity index (χ3n) is 2.67. The summed E-state index contributed by atoms with van der Waals surface area (Å²) in [6.07, 6.45) is 1.18. The molecule has 0 aromatic carbocycles. The van der Waals surface area contributed by atoms with Gasteiger partial charge in [-0.25, -0.2) is 9.67 Å². The highest BCUT2D eigenvalue weighted by Crippen LogP contribution is 2.23. The number of nitrogens with zero attached hydrogens (tertiary/aromatic N) is 3. The van der Waals surface area contributed by atoms with Gasteiger partial charge in [0.25, 0.3) is 0 Å². The molecule has 2 heterocycles. The molecule has 2 rings (SSSR count). The van der Waals surface area contributed by atoms with Crippen LogP contribution in [0.3, 0.4) is 0 Å². The van der Waals surface area contributed by atoms with Crippen molar-refractivity contribution >= 4 is 15.9 Å².